The minimum absolute atomic E-state index is 0.104. The van der Waals surface area contributed by atoms with Crippen molar-refractivity contribution in [3.8, 4) is 22.9 Å². The van der Waals surface area contributed by atoms with Gasteiger partial charge in [-0.05, 0) is 55.0 Å². The number of halogens is 1. The van der Waals surface area contributed by atoms with E-state index in [0.717, 1.165) is 29.1 Å². The van der Waals surface area contributed by atoms with Gasteiger partial charge in [0.05, 0.1) is 22.3 Å². The molecule has 2 fully saturated rings. The number of hydrogen-bond acceptors (Lipinski definition) is 6. The van der Waals surface area contributed by atoms with Gasteiger partial charge in [-0.25, -0.2) is 13.4 Å². The number of benzene rings is 3. The average Bonchev–Trinajstić information content (AvgIpc) is 3.35. The molecule has 1 aromatic heterocycles. The first kappa shape index (κ1) is 23.4. The van der Waals surface area contributed by atoms with Gasteiger partial charge >= 0.3 is 10.2 Å². The van der Waals surface area contributed by atoms with Gasteiger partial charge in [0.25, 0.3) is 11.9 Å². The summed E-state index contributed by atoms with van der Waals surface area (Å²) in [6, 6.07) is 15.1. The van der Waals surface area contributed by atoms with Gasteiger partial charge in [-0.15, -0.1) is 0 Å². The summed E-state index contributed by atoms with van der Waals surface area (Å²) in [6.07, 6.45) is 2.45. The number of anilines is 1. The molecule has 3 N–H and O–H groups in total. The van der Waals surface area contributed by atoms with E-state index in [1.54, 1.807) is 37.3 Å². The quantitative estimate of drug-likeness (QED) is 0.364. The number of aryl methyl sites for hydroxylation is 1. The molecule has 4 aromatic rings. The number of nitrogens with zero attached hydrogens (tertiary/aromatic N) is 2. The summed E-state index contributed by atoms with van der Waals surface area (Å²) in [6.45, 7) is 1.46. The Morgan fingerprint density at radius 1 is 1.11 bits per heavy atom. The van der Waals surface area contributed by atoms with E-state index in [4.69, 9.17) is 4.74 Å². The van der Waals surface area contributed by atoms with Crippen LogP contribution in [0.4, 0.5) is 10.1 Å². The molecule has 0 radical (unpaired) electrons. The molecule has 0 bridgehead atoms. The molecule has 0 spiro atoms. The van der Waals surface area contributed by atoms with Gasteiger partial charge in [0, 0.05) is 17.7 Å². The molecule has 6 rings (SSSR count). The molecular weight excluding hydrogens is 499 g/mol. The fourth-order valence-electron chi connectivity index (χ4n) is 4.67. The Hall–Kier alpha value is -3.96. The molecule has 190 valence electrons. The summed E-state index contributed by atoms with van der Waals surface area (Å²) in [7, 11) is -3.96. The molecule has 37 heavy (non-hydrogen) atoms. The highest BCUT2D eigenvalue weighted by Gasteiger charge is 2.36. The predicted molar refractivity (Wildman–Crippen MR) is 135 cm³/mol. The Kier molecular flexibility index (Phi) is 5.25. The highest BCUT2D eigenvalue weighted by atomic mass is 32.2. The molecule has 2 aliphatic rings. The number of fused-ring (bicyclic) bond motifs is 1. The minimum Gasteiger partial charge on any atom is -0.425 e. The Bertz CT molecular complexity index is 1660. The molecule has 1 saturated heterocycles. The molecule has 1 saturated carbocycles. The first-order valence-corrected chi connectivity index (χ1v) is 13.2. The maximum atomic E-state index is 15.0. The van der Waals surface area contributed by atoms with E-state index in [2.05, 4.69) is 9.97 Å². The van der Waals surface area contributed by atoms with Gasteiger partial charge in [-0.1, -0.05) is 30.3 Å². The maximum absolute atomic E-state index is 15.0. The zero-order valence-corrected chi connectivity index (χ0v) is 20.6. The van der Waals surface area contributed by atoms with Crippen molar-refractivity contribution in [1.82, 2.24) is 14.7 Å². The lowest BCUT2D eigenvalue weighted by Gasteiger charge is -2.37. The number of carbonyl (C=O) groups is 1. The molecule has 1 amide bonds. The number of amides is 1. The van der Waals surface area contributed by atoms with Crippen LogP contribution in [-0.2, 0) is 20.6 Å². The van der Waals surface area contributed by atoms with Crippen LogP contribution in [0.5, 0.6) is 11.8 Å². The standard InChI is InChI=1S/C26H23FN4O5S/c1-15-3-8-18(31-14-24(32)30-37(31,34)35)11-23(15)36-25-28-21-12-19(20(27)13-22(21)29-25)16-4-6-17(7-5-16)26(33)9-2-10-26/h3-8,11-13,33H,2,9-10,14H2,1H3,(H,28,29)(H,30,32). The van der Waals surface area contributed by atoms with Crippen molar-refractivity contribution in [3.05, 3.63) is 71.5 Å². The van der Waals surface area contributed by atoms with Crippen LogP contribution in [0.15, 0.2) is 54.6 Å². The second-order valence-corrected chi connectivity index (χ2v) is 11.0. The van der Waals surface area contributed by atoms with Crippen LogP contribution in [0.2, 0.25) is 0 Å². The number of imidazole rings is 1. The van der Waals surface area contributed by atoms with Crippen molar-refractivity contribution in [2.24, 2.45) is 0 Å². The van der Waals surface area contributed by atoms with Gasteiger partial charge in [-0.2, -0.15) is 13.4 Å². The Morgan fingerprint density at radius 3 is 2.51 bits per heavy atom. The zero-order valence-electron chi connectivity index (χ0n) is 19.8. The summed E-state index contributed by atoms with van der Waals surface area (Å²) in [4.78, 5) is 19.0. The first-order valence-electron chi connectivity index (χ1n) is 11.8. The van der Waals surface area contributed by atoms with Crippen LogP contribution in [0.1, 0.15) is 30.4 Å². The number of rotatable bonds is 5. The fourth-order valence-corrected chi connectivity index (χ4v) is 5.81. The summed E-state index contributed by atoms with van der Waals surface area (Å²) in [5, 5.41) is 10.5. The summed E-state index contributed by atoms with van der Waals surface area (Å²) < 4.78 is 48.2. The lowest BCUT2D eigenvalue weighted by atomic mass is 9.75. The first-order chi connectivity index (χ1) is 17.6. The molecule has 2 heterocycles. The smallest absolute Gasteiger partial charge is 0.326 e. The minimum atomic E-state index is -3.96. The average molecular weight is 523 g/mol. The second-order valence-electron chi connectivity index (χ2n) is 9.44. The SMILES string of the molecule is Cc1ccc(N2CC(=O)NS2(=O)=O)cc1Oc1nc2cc(-c3ccc(C4(O)CCC4)cc3)c(F)cc2[nH]1. The lowest BCUT2D eigenvalue weighted by molar-refractivity contribution is -0.117. The number of aromatic nitrogens is 2. The van der Waals surface area contributed by atoms with Crippen LogP contribution in [0.25, 0.3) is 22.2 Å². The van der Waals surface area contributed by atoms with Crippen LogP contribution >= 0.6 is 0 Å². The van der Waals surface area contributed by atoms with Crippen molar-refractivity contribution in [2.45, 2.75) is 31.8 Å². The van der Waals surface area contributed by atoms with E-state index >= 15 is 4.39 Å². The highest BCUT2D eigenvalue weighted by Crippen LogP contribution is 2.41. The lowest BCUT2D eigenvalue weighted by Crippen LogP contribution is -2.33. The number of ether oxygens (including phenoxy) is 1. The summed E-state index contributed by atoms with van der Waals surface area (Å²) >= 11 is 0. The van der Waals surface area contributed by atoms with E-state index in [1.807, 2.05) is 16.9 Å². The summed E-state index contributed by atoms with van der Waals surface area (Å²) in [5.41, 5.74) is 2.97. The van der Waals surface area contributed by atoms with Crippen molar-refractivity contribution in [2.75, 3.05) is 10.8 Å². The highest BCUT2D eigenvalue weighted by molar-refractivity contribution is 7.92. The normalized spacial score (nSPS) is 18.0. The molecule has 9 nitrogen and oxygen atoms in total. The van der Waals surface area contributed by atoms with Gasteiger partial charge in [-0.3, -0.25) is 4.79 Å². The molecule has 0 unspecified atom stereocenters. The summed E-state index contributed by atoms with van der Waals surface area (Å²) in [5.74, 6) is -0.726. The molecular formula is C26H23FN4O5S. The van der Waals surface area contributed by atoms with E-state index < -0.39 is 27.5 Å². The third kappa shape index (κ3) is 4.09. The third-order valence-corrected chi connectivity index (χ3v) is 8.36. The molecule has 1 aliphatic carbocycles. The van der Waals surface area contributed by atoms with Gasteiger partial charge < -0.3 is 14.8 Å². The van der Waals surface area contributed by atoms with Crippen LogP contribution in [0.3, 0.4) is 0 Å². The van der Waals surface area contributed by atoms with Crippen molar-refractivity contribution in [3.63, 3.8) is 0 Å². The predicted octanol–water partition coefficient (Wildman–Crippen LogP) is 4.02. The third-order valence-electron chi connectivity index (χ3n) is 6.95. The van der Waals surface area contributed by atoms with E-state index in [9.17, 15) is 18.3 Å². The number of aliphatic hydroxyl groups is 1. The number of carbonyl (C=O) groups excluding carboxylic acids is 1. The van der Waals surface area contributed by atoms with E-state index in [1.165, 1.54) is 12.1 Å². The monoisotopic (exact) mass is 522 g/mol. The molecule has 1 aliphatic heterocycles. The van der Waals surface area contributed by atoms with Crippen LogP contribution < -0.4 is 13.8 Å². The molecule has 3 aromatic carbocycles. The Labute approximate surface area is 212 Å². The molecule has 11 heteroatoms. The van der Waals surface area contributed by atoms with Crippen molar-refractivity contribution >= 4 is 32.8 Å². The van der Waals surface area contributed by atoms with Gasteiger partial charge in [0.2, 0.25) is 0 Å². The van der Waals surface area contributed by atoms with Crippen molar-refractivity contribution in [1.29, 1.82) is 0 Å². The van der Waals surface area contributed by atoms with Crippen molar-refractivity contribution < 1.29 is 27.4 Å². The second kappa shape index (κ2) is 8.29. The fraction of sp³-hybridized carbons (Fsp3) is 0.231. The van der Waals surface area contributed by atoms with E-state index in [0.29, 0.717) is 33.5 Å². The Balaban J connectivity index is 1.29. The Morgan fingerprint density at radius 2 is 1.86 bits per heavy atom. The largest absolute Gasteiger partial charge is 0.425 e. The van der Waals surface area contributed by atoms with Gasteiger partial charge in [0.1, 0.15) is 18.1 Å². The topological polar surface area (TPSA) is 125 Å². The van der Waals surface area contributed by atoms with E-state index in [-0.39, 0.29) is 18.2 Å². The number of H-pyrrole nitrogens is 1. The van der Waals surface area contributed by atoms with Crippen LogP contribution in [-0.4, -0.2) is 35.9 Å². The number of nitrogens with one attached hydrogen (secondary N) is 2. The number of aromatic amines is 1. The van der Waals surface area contributed by atoms with Gasteiger partial charge in [0.15, 0.2) is 0 Å². The zero-order chi connectivity index (χ0) is 25.9. The van der Waals surface area contributed by atoms with Crippen LogP contribution in [0, 0.1) is 12.7 Å². The number of hydrogen-bond donors (Lipinski definition) is 3. The molecule has 0 atom stereocenters. The maximum Gasteiger partial charge on any atom is 0.326 e.